The number of carbonyl (C=O) groups is 1. The third-order valence-electron chi connectivity index (χ3n) is 4.93. The predicted molar refractivity (Wildman–Crippen MR) is 105 cm³/mol. The molecule has 2 aromatic heterocycles. The first kappa shape index (κ1) is 19.8. The van der Waals surface area contributed by atoms with Crippen molar-refractivity contribution < 1.29 is 18.3 Å². The van der Waals surface area contributed by atoms with Crippen molar-refractivity contribution in [1.29, 1.82) is 0 Å². The fraction of sp³-hybridized carbons (Fsp3) is 0.238. The number of nitrogens with zero attached hydrogens (tertiary/aromatic N) is 4. The van der Waals surface area contributed by atoms with Crippen LogP contribution in [0.2, 0.25) is 0 Å². The van der Waals surface area contributed by atoms with Gasteiger partial charge in [0.05, 0.1) is 18.8 Å². The molecule has 1 unspecified atom stereocenters. The van der Waals surface area contributed by atoms with E-state index in [1.807, 2.05) is 0 Å². The summed E-state index contributed by atoms with van der Waals surface area (Å²) in [5.41, 5.74) is 1.01. The number of benzene rings is 1. The lowest BCUT2D eigenvalue weighted by Gasteiger charge is -2.33. The van der Waals surface area contributed by atoms with Gasteiger partial charge in [0.2, 0.25) is 5.95 Å². The standard InChI is InChI=1S/C21H18F2N4O3/c1-26-19(28)11-17(13-4-6-24-7-5-13)25-21(26)27-8-9-30-18(12-27)20(29)14-2-3-15(22)16(23)10-14/h2-7,10-11,18H,8-9,12H2,1H3. The topological polar surface area (TPSA) is 77.3 Å². The number of rotatable bonds is 4. The van der Waals surface area contributed by atoms with Gasteiger partial charge in [-0.2, -0.15) is 0 Å². The maximum Gasteiger partial charge on any atom is 0.255 e. The Balaban J connectivity index is 1.63. The Morgan fingerprint density at radius 1 is 1.13 bits per heavy atom. The maximum absolute atomic E-state index is 13.5. The van der Waals surface area contributed by atoms with Gasteiger partial charge in [-0.05, 0) is 30.3 Å². The fourth-order valence-corrected chi connectivity index (χ4v) is 3.31. The molecule has 0 spiro atoms. The van der Waals surface area contributed by atoms with Gasteiger partial charge in [0.15, 0.2) is 17.4 Å². The summed E-state index contributed by atoms with van der Waals surface area (Å²) in [5, 5.41) is 0. The van der Waals surface area contributed by atoms with E-state index < -0.39 is 23.5 Å². The first-order chi connectivity index (χ1) is 14.4. The number of halogens is 2. The van der Waals surface area contributed by atoms with Crippen LogP contribution in [0.25, 0.3) is 11.3 Å². The van der Waals surface area contributed by atoms with E-state index in [1.165, 1.54) is 16.7 Å². The third kappa shape index (κ3) is 3.84. The molecule has 0 N–H and O–H groups in total. The highest BCUT2D eigenvalue weighted by Gasteiger charge is 2.30. The Bertz CT molecular complexity index is 1150. The summed E-state index contributed by atoms with van der Waals surface area (Å²) in [7, 11) is 1.60. The van der Waals surface area contributed by atoms with Crippen molar-refractivity contribution in [1.82, 2.24) is 14.5 Å². The summed E-state index contributed by atoms with van der Waals surface area (Å²) < 4.78 is 33.7. The molecule has 9 heteroatoms. The van der Waals surface area contributed by atoms with E-state index >= 15 is 0 Å². The number of morpholine rings is 1. The van der Waals surface area contributed by atoms with Gasteiger partial charge in [0, 0.05) is 43.2 Å². The molecule has 1 aliphatic heterocycles. The Hall–Kier alpha value is -3.46. The number of ether oxygens (including phenoxy) is 1. The highest BCUT2D eigenvalue weighted by molar-refractivity contribution is 6.00. The van der Waals surface area contributed by atoms with Crippen LogP contribution in [0.5, 0.6) is 0 Å². The van der Waals surface area contributed by atoms with Gasteiger partial charge in [-0.25, -0.2) is 13.8 Å². The van der Waals surface area contributed by atoms with Crippen LogP contribution in [0.4, 0.5) is 14.7 Å². The monoisotopic (exact) mass is 412 g/mol. The Labute approximate surface area is 170 Å². The van der Waals surface area contributed by atoms with Gasteiger partial charge in [-0.3, -0.25) is 19.1 Å². The molecular formula is C21H18F2N4O3. The Kier molecular flexibility index (Phi) is 5.37. The minimum Gasteiger partial charge on any atom is -0.366 e. The summed E-state index contributed by atoms with van der Waals surface area (Å²) in [6.07, 6.45) is 2.32. The number of ketones is 1. The van der Waals surface area contributed by atoms with E-state index in [0.717, 1.165) is 17.7 Å². The lowest BCUT2D eigenvalue weighted by Crippen LogP contribution is -2.48. The van der Waals surface area contributed by atoms with Crippen molar-refractivity contribution in [2.75, 3.05) is 24.6 Å². The van der Waals surface area contributed by atoms with Crippen LogP contribution in [0.1, 0.15) is 10.4 Å². The number of hydrogen-bond acceptors (Lipinski definition) is 6. The maximum atomic E-state index is 13.5. The predicted octanol–water partition coefficient (Wildman–Crippen LogP) is 2.21. The summed E-state index contributed by atoms with van der Waals surface area (Å²) in [4.78, 5) is 35.6. The molecule has 7 nitrogen and oxygen atoms in total. The van der Waals surface area contributed by atoms with Gasteiger partial charge in [-0.15, -0.1) is 0 Å². The average Bonchev–Trinajstić information content (AvgIpc) is 2.77. The van der Waals surface area contributed by atoms with Crippen LogP contribution in [0.15, 0.2) is 53.6 Å². The molecule has 1 aromatic carbocycles. The normalized spacial score (nSPS) is 16.5. The van der Waals surface area contributed by atoms with Crippen molar-refractivity contribution in [3.05, 3.63) is 76.3 Å². The zero-order chi connectivity index (χ0) is 21.3. The Morgan fingerprint density at radius 3 is 2.63 bits per heavy atom. The molecule has 3 heterocycles. The molecule has 0 bridgehead atoms. The van der Waals surface area contributed by atoms with Crippen LogP contribution in [-0.4, -0.2) is 46.1 Å². The first-order valence-electron chi connectivity index (χ1n) is 9.28. The molecule has 0 saturated carbocycles. The fourth-order valence-electron chi connectivity index (χ4n) is 3.31. The highest BCUT2D eigenvalue weighted by atomic mass is 19.2. The van der Waals surface area contributed by atoms with E-state index in [9.17, 15) is 18.4 Å². The van der Waals surface area contributed by atoms with Crippen LogP contribution < -0.4 is 10.5 Å². The van der Waals surface area contributed by atoms with Crippen molar-refractivity contribution in [3.8, 4) is 11.3 Å². The second-order valence-corrected chi connectivity index (χ2v) is 6.87. The minimum absolute atomic E-state index is 0.0214. The first-order valence-corrected chi connectivity index (χ1v) is 9.28. The molecule has 0 amide bonds. The number of Topliss-reactive ketones (excluding diaryl/α,β-unsaturated/α-hetero) is 1. The molecule has 4 rings (SSSR count). The largest absolute Gasteiger partial charge is 0.366 e. The van der Waals surface area contributed by atoms with Crippen LogP contribution >= 0.6 is 0 Å². The second kappa shape index (κ2) is 8.11. The van der Waals surface area contributed by atoms with Gasteiger partial charge < -0.3 is 9.64 Å². The van der Waals surface area contributed by atoms with Gasteiger partial charge >= 0.3 is 0 Å². The van der Waals surface area contributed by atoms with E-state index in [-0.39, 0.29) is 24.3 Å². The highest BCUT2D eigenvalue weighted by Crippen LogP contribution is 2.21. The lowest BCUT2D eigenvalue weighted by molar-refractivity contribution is 0.0336. The number of pyridine rings is 1. The third-order valence-corrected chi connectivity index (χ3v) is 4.93. The van der Waals surface area contributed by atoms with Crippen molar-refractivity contribution in [2.24, 2.45) is 7.05 Å². The molecule has 30 heavy (non-hydrogen) atoms. The molecule has 3 aromatic rings. The van der Waals surface area contributed by atoms with Crippen molar-refractivity contribution in [2.45, 2.75) is 6.10 Å². The van der Waals surface area contributed by atoms with Gasteiger partial charge in [0.25, 0.3) is 5.56 Å². The summed E-state index contributed by atoms with van der Waals surface area (Å²) in [5.74, 6) is -2.19. The summed E-state index contributed by atoms with van der Waals surface area (Å²) in [6.45, 7) is 0.759. The molecule has 1 aliphatic rings. The molecule has 0 radical (unpaired) electrons. The SMILES string of the molecule is Cn1c(N2CCOC(C(=O)c3ccc(F)c(F)c3)C2)nc(-c2ccncc2)cc1=O. The number of carbonyl (C=O) groups excluding carboxylic acids is 1. The average molecular weight is 412 g/mol. The molecule has 1 saturated heterocycles. The Morgan fingerprint density at radius 2 is 1.90 bits per heavy atom. The van der Waals surface area contributed by atoms with Crippen LogP contribution in [0.3, 0.4) is 0 Å². The molecule has 154 valence electrons. The smallest absolute Gasteiger partial charge is 0.255 e. The van der Waals surface area contributed by atoms with Crippen LogP contribution in [-0.2, 0) is 11.8 Å². The van der Waals surface area contributed by atoms with E-state index in [2.05, 4.69) is 9.97 Å². The van der Waals surface area contributed by atoms with Crippen LogP contribution in [0, 0.1) is 11.6 Å². The second-order valence-electron chi connectivity index (χ2n) is 6.87. The van der Waals surface area contributed by atoms with Crippen molar-refractivity contribution >= 4 is 11.7 Å². The van der Waals surface area contributed by atoms with E-state index in [4.69, 9.17) is 4.74 Å². The number of anilines is 1. The van der Waals surface area contributed by atoms with E-state index in [1.54, 1.807) is 36.5 Å². The summed E-state index contributed by atoms with van der Waals surface area (Å²) >= 11 is 0. The number of aromatic nitrogens is 3. The quantitative estimate of drug-likeness (QED) is 0.612. The molecule has 1 atom stereocenters. The summed E-state index contributed by atoms with van der Waals surface area (Å²) in [6, 6.07) is 7.93. The zero-order valence-electron chi connectivity index (χ0n) is 16.1. The number of hydrogen-bond donors (Lipinski definition) is 0. The molecule has 1 fully saturated rings. The van der Waals surface area contributed by atoms with Gasteiger partial charge in [0.1, 0.15) is 6.10 Å². The zero-order valence-corrected chi connectivity index (χ0v) is 16.1. The molecular weight excluding hydrogens is 394 g/mol. The lowest BCUT2D eigenvalue weighted by atomic mass is 10.0. The van der Waals surface area contributed by atoms with E-state index in [0.29, 0.717) is 18.2 Å². The molecule has 0 aliphatic carbocycles. The van der Waals surface area contributed by atoms with Gasteiger partial charge in [-0.1, -0.05) is 0 Å². The van der Waals surface area contributed by atoms with Crippen molar-refractivity contribution in [3.63, 3.8) is 0 Å². The minimum atomic E-state index is -1.09.